The van der Waals surface area contributed by atoms with Gasteiger partial charge in [-0.3, -0.25) is 4.79 Å². The molecule has 3 nitrogen and oxygen atoms in total. The molecule has 0 unspecified atom stereocenters. The molecule has 0 aromatic heterocycles. The van der Waals surface area contributed by atoms with Crippen molar-refractivity contribution in [2.45, 2.75) is 6.29 Å². The molecule has 66 valence electrons. The lowest BCUT2D eigenvalue weighted by molar-refractivity contribution is -0.115. The topological polar surface area (TPSA) is 57.5 Å². The zero-order valence-corrected chi connectivity index (χ0v) is 5.87. The number of aliphatic hydroxyl groups is 2. The maximum Gasteiger partial charge on any atom is 0.248 e. The number of Topliss-reactive ketones (excluding diaryl/α,β-unsaturated/α-hetero) is 1. The van der Waals surface area contributed by atoms with Crippen LogP contribution in [0.4, 0.5) is 8.78 Å². The van der Waals surface area contributed by atoms with Crippen LogP contribution in [0.3, 0.4) is 0 Å². The van der Waals surface area contributed by atoms with E-state index in [9.17, 15) is 13.6 Å². The van der Waals surface area contributed by atoms with Crippen LogP contribution in [0.1, 0.15) is 0 Å². The average Bonchev–Trinajstić information content (AvgIpc) is 1.99. The Morgan fingerprint density at radius 1 is 1.25 bits per heavy atom. The van der Waals surface area contributed by atoms with E-state index in [1.807, 2.05) is 0 Å². The summed E-state index contributed by atoms with van der Waals surface area (Å²) in [5, 5.41) is 17.0. The molecule has 1 aliphatic carbocycles. The molecular formula is C7H6F2O3. The van der Waals surface area contributed by atoms with Crippen molar-refractivity contribution in [3.63, 3.8) is 0 Å². The Labute approximate surface area is 66.6 Å². The number of carbonyl (C=O) groups is 1. The van der Waals surface area contributed by atoms with Gasteiger partial charge in [-0.05, 0) is 12.2 Å². The second-order valence-corrected chi connectivity index (χ2v) is 2.35. The molecule has 1 rings (SSSR count). The molecule has 1 aliphatic rings. The van der Waals surface area contributed by atoms with Gasteiger partial charge in [0.1, 0.15) is 0 Å². The van der Waals surface area contributed by atoms with E-state index >= 15 is 0 Å². The number of ketones is 1. The maximum atomic E-state index is 12.4. The summed E-state index contributed by atoms with van der Waals surface area (Å²) in [6.45, 7) is 0. The fourth-order valence-electron chi connectivity index (χ4n) is 0.824. The normalized spacial score (nSPS) is 19.6. The van der Waals surface area contributed by atoms with Crippen molar-refractivity contribution in [2.75, 3.05) is 0 Å². The molecule has 0 fully saturated rings. The van der Waals surface area contributed by atoms with E-state index in [0.29, 0.717) is 12.2 Å². The van der Waals surface area contributed by atoms with Crippen molar-refractivity contribution >= 4 is 5.78 Å². The van der Waals surface area contributed by atoms with Crippen LogP contribution in [0.2, 0.25) is 0 Å². The van der Waals surface area contributed by atoms with Crippen LogP contribution in [-0.4, -0.2) is 22.3 Å². The van der Waals surface area contributed by atoms with Gasteiger partial charge in [-0.2, -0.15) is 0 Å². The molecule has 12 heavy (non-hydrogen) atoms. The van der Waals surface area contributed by atoms with Gasteiger partial charge in [0.2, 0.25) is 5.78 Å². The first-order valence-electron chi connectivity index (χ1n) is 3.18. The monoisotopic (exact) mass is 176 g/mol. The van der Waals surface area contributed by atoms with Gasteiger partial charge in [0.25, 0.3) is 0 Å². The van der Waals surface area contributed by atoms with Gasteiger partial charge < -0.3 is 10.2 Å². The third kappa shape index (κ3) is 1.57. The number of rotatable bonds is 1. The highest BCUT2D eigenvalue weighted by atomic mass is 19.1. The minimum Gasteiger partial charge on any atom is -0.367 e. The molecule has 0 heterocycles. The smallest absolute Gasteiger partial charge is 0.248 e. The molecule has 2 N–H and O–H groups in total. The Morgan fingerprint density at radius 3 is 2.00 bits per heavy atom. The molecular weight excluding hydrogens is 170 g/mol. The minimum atomic E-state index is -1.89. The summed E-state index contributed by atoms with van der Waals surface area (Å²) in [4.78, 5) is 10.4. The van der Waals surface area contributed by atoms with Gasteiger partial charge >= 0.3 is 0 Å². The third-order valence-corrected chi connectivity index (χ3v) is 1.46. The minimum absolute atomic E-state index is 0.663. The highest BCUT2D eigenvalue weighted by Crippen LogP contribution is 2.22. The Morgan fingerprint density at radius 2 is 1.67 bits per heavy atom. The quantitative estimate of drug-likeness (QED) is 0.561. The Hall–Kier alpha value is -1.07. The lowest BCUT2D eigenvalue weighted by atomic mass is 10.0. The van der Waals surface area contributed by atoms with Crippen molar-refractivity contribution in [3.05, 3.63) is 23.8 Å². The van der Waals surface area contributed by atoms with Crippen molar-refractivity contribution in [3.8, 4) is 0 Å². The average molecular weight is 176 g/mol. The van der Waals surface area contributed by atoms with Gasteiger partial charge in [0, 0.05) is 0 Å². The molecule has 0 spiro atoms. The van der Waals surface area contributed by atoms with Crippen LogP contribution in [0.5, 0.6) is 0 Å². The predicted molar refractivity (Wildman–Crippen MR) is 35.1 cm³/mol. The summed E-state index contributed by atoms with van der Waals surface area (Å²) in [7, 11) is 0. The first kappa shape index (κ1) is 9.02. The lowest BCUT2D eigenvalue weighted by Crippen LogP contribution is -2.20. The van der Waals surface area contributed by atoms with E-state index in [4.69, 9.17) is 10.2 Å². The SMILES string of the molecule is O=C1C(F)=CC(C(O)O)C=C1F. The van der Waals surface area contributed by atoms with Gasteiger partial charge in [0.05, 0.1) is 5.92 Å². The van der Waals surface area contributed by atoms with Gasteiger partial charge in [-0.25, -0.2) is 8.78 Å². The zero-order valence-electron chi connectivity index (χ0n) is 5.87. The number of aliphatic hydroxyl groups excluding tert-OH is 1. The lowest BCUT2D eigenvalue weighted by Gasteiger charge is -2.13. The van der Waals surface area contributed by atoms with Gasteiger partial charge in [-0.15, -0.1) is 0 Å². The molecule has 5 heteroatoms. The van der Waals surface area contributed by atoms with Crippen molar-refractivity contribution < 1.29 is 23.8 Å². The molecule has 0 saturated heterocycles. The summed E-state index contributed by atoms with van der Waals surface area (Å²) >= 11 is 0. The summed E-state index contributed by atoms with van der Waals surface area (Å²) in [5.41, 5.74) is 0. The second kappa shape index (κ2) is 3.12. The highest BCUT2D eigenvalue weighted by molar-refractivity contribution is 6.05. The number of allylic oxidation sites excluding steroid dienone is 2. The van der Waals surface area contributed by atoms with Crippen LogP contribution in [-0.2, 0) is 4.79 Å². The Bertz CT molecular complexity index is 246. The van der Waals surface area contributed by atoms with Crippen LogP contribution in [0, 0.1) is 5.92 Å². The fourth-order valence-corrected chi connectivity index (χ4v) is 0.824. The largest absolute Gasteiger partial charge is 0.367 e. The Balaban J connectivity index is 2.91. The fraction of sp³-hybridized carbons (Fsp3) is 0.286. The standard InChI is InChI=1S/C7H6F2O3/c8-4-1-3(7(11)12)2-5(9)6(4)10/h1-3,7,11-12H. The maximum absolute atomic E-state index is 12.4. The van der Waals surface area contributed by atoms with E-state index in [2.05, 4.69) is 0 Å². The zero-order chi connectivity index (χ0) is 9.30. The number of halogens is 2. The molecule has 0 bridgehead atoms. The molecule has 0 atom stereocenters. The predicted octanol–water partition coefficient (Wildman–Crippen LogP) is 0.203. The number of carbonyl (C=O) groups excluding carboxylic acids is 1. The van der Waals surface area contributed by atoms with E-state index in [1.165, 1.54) is 0 Å². The van der Waals surface area contributed by atoms with E-state index in [0.717, 1.165) is 0 Å². The third-order valence-electron chi connectivity index (χ3n) is 1.46. The summed E-state index contributed by atoms with van der Waals surface area (Å²) < 4.78 is 24.9. The van der Waals surface area contributed by atoms with E-state index in [1.54, 1.807) is 0 Å². The molecule has 0 aliphatic heterocycles. The van der Waals surface area contributed by atoms with E-state index in [-0.39, 0.29) is 0 Å². The first-order valence-corrected chi connectivity index (χ1v) is 3.18. The molecule has 0 aromatic carbocycles. The summed E-state index contributed by atoms with van der Waals surface area (Å²) in [6, 6.07) is 0. The van der Waals surface area contributed by atoms with E-state index < -0.39 is 29.6 Å². The van der Waals surface area contributed by atoms with Crippen molar-refractivity contribution in [2.24, 2.45) is 5.92 Å². The van der Waals surface area contributed by atoms with Gasteiger partial charge in [0.15, 0.2) is 17.9 Å². The first-order chi connectivity index (χ1) is 5.52. The van der Waals surface area contributed by atoms with Crippen LogP contribution < -0.4 is 0 Å². The number of hydrogen-bond acceptors (Lipinski definition) is 3. The summed E-state index contributed by atoms with van der Waals surface area (Å²) in [6.07, 6.45) is -0.568. The van der Waals surface area contributed by atoms with Crippen LogP contribution >= 0.6 is 0 Å². The van der Waals surface area contributed by atoms with Gasteiger partial charge in [-0.1, -0.05) is 0 Å². The van der Waals surface area contributed by atoms with Crippen LogP contribution in [0.25, 0.3) is 0 Å². The summed E-state index contributed by atoms with van der Waals surface area (Å²) in [5.74, 6) is -5.14. The Kier molecular flexibility index (Phi) is 2.35. The number of hydrogen-bond donors (Lipinski definition) is 2. The molecule has 0 amide bonds. The second-order valence-electron chi connectivity index (χ2n) is 2.35. The molecule has 0 aromatic rings. The molecule has 0 radical (unpaired) electrons. The van der Waals surface area contributed by atoms with Crippen molar-refractivity contribution in [1.29, 1.82) is 0 Å². The highest BCUT2D eigenvalue weighted by Gasteiger charge is 2.25. The van der Waals surface area contributed by atoms with Crippen molar-refractivity contribution in [1.82, 2.24) is 0 Å². The van der Waals surface area contributed by atoms with Crippen LogP contribution in [0.15, 0.2) is 23.8 Å². The molecule has 0 saturated carbocycles.